The summed E-state index contributed by atoms with van der Waals surface area (Å²) >= 11 is 0. The van der Waals surface area contributed by atoms with Gasteiger partial charge in [-0.2, -0.15) is 5.10 Å². The predicted molar refractivity (Wildman–Crippen MR) is 192 cm³/mol. The summed E-state index contributed by atoms with van der Waals surface area (Å²) in [5.74, 6) is 1.94. The molecule has 10 nitrogen and oxygen atoms in total. The Labute approximate surface area is 296 Å². The number of benzene rings is 1. The van der Waals surface area contributed by atoms with E-state index in [0.717, 1.165) is 86.9 Å². The third-order valence-corrected chi connectivity index (χ3v) is 12.3. The number of amides is 2. The number of fused-ring (bicyclic) bond motifs is 3. The van der Waals surface area contributed by atoms with E-state index in [2.05, 4.69) is 41.2 Å². The van der Waals surface area contributed by atoms with Crippen LogP contribution in [0.1, 0.15) is 102 Å². The molecule has 8 rings (SSSR count). The summed E-state index contributed by atoms with van der Waals surface area (Å²) in [5, 5.41) is 14.5. The van der Waals surface area contributed by atoms with Gasteiger partial charge in [0, 0.05) is 30.4 Å². The molecule has 2 bridgehead atoms. The fourth-order valence-electron chi connectivity index (χ4n) is 9.06. The lowest BCUT2D eigenvalue weighted by molar-refractivity contribution is -0.124. The molecule has 10 heteroatoms. The van der Waals surface area contributed by atoms with E-state index in [1.165, 1.54) is 22.4 Å². The van der Waals surface area contributed by atoms with Crippen LogP contribution in [0.3, 0.4) is 0 Å². The minimum atomic E-state index is -0.836. The largest absolute Gasteiger partial charge is 0.496 e. The Kier molecular flexibility index (Phi) is 9.43. The molecular weight excluding hydrogens is 630 g/mol. The number of hydrogen-bond acceptors (Lipinski definition) is 7. The van der Waals surface area contributed by atoms with E-state index >= 15 is 0 Å². The van der Waals surface area contributed by atoms with Gasteiger partial charge in [0.25, 0.3) is 0 Å². The molecule has 2 amide bonds. The van der Waals surface area contributed by atoms with E-state index in [0.29, 0.717) is 6.54 Å². The van der Waals surface area contributed by atoms with Gasteiger partial charge in [-0.15, -0.1) is 0 Å². The smallest absolute Gasteiger partial charge is 0.410 e. The zero-order valence-corrected chi connectivity index (χ0v) is 30.2. The Morgan fingerprint density at radius 3 is 2.40 bits per heavy atom. The van der Waals surface area contributed by atoms with Crippen LogP contribution in [0.15, 0.2) is 48.9 Å². The summed E-state index contributed by atoms with van der Waals surface area (Å²) in [6.45, 7) is 7.24. The molecule has 3 aromatic rings. The van der Waals surface area contributed by atoms with E-state index in [1.54, 1.807) is 18.7 Å². The lowest BCUT2D eigenvalue weighted by Gasteiger charge is -2.55. The Hall–Kier alpha value is -3.92. The highest BCUT2D eigenvalue weighted by Crippen LogP contribution is 2.58. The fourth-order valence-corrected chi connectivity index (χ4v) is 9.06. The van der Waals surface area contributed by atoms with Crippen molar-refractivity contribution in [2.45, 2.75) is 108 Å². The van der Waals surface area contributed by atoms with Crippen LogP contribution in [0.5, 0.6) is 5.75 Å². The van der Waals surface area contributed by atoms with E-state index in [9.17, 15) is 14.7 Å². The van der Waals surface area contributed by atoms with E-state index in [4.69, 9.17) is 14.5 Å². The molecule has 1 aromatic carbocycles. The van der Waals surface area contributed by atoms with Crippen LogP contribution in [0, 0.1) is 18.3 Å². The van der Waals surface area contributed by atoms with Crippen LogP contribution in [0.4, 0.5) is 10.6 Å². The first kappa shape index (κ1) is 34.5. The SMILES string of the molecule is COc1ccc(C23CCC(CN(C(=O)C4CCCCC4)c4cc(-c5cnn(C(C)COC(=O)N6CC(C)(O)C6)c5)ccn4)(CC2)CC3)cc1C. The first-order valence-corrected chi connectivity index (χ1v) is 18.6. The van der Waals surface area contributed by atoms with Crippen molar-refractivity contribution in [3.63, 3.8) is 0 Å². The zero-order chi connectivity index (χ0) is 35.1. The number of rotatable bonds is 10. The van der Waals surface area contributed by atoms with Gasteiger partial charge >= 0.3 is 6.09 Å². The minimum absolute atomic E-state index is 0.0489. The second-order valence-electron chi connectivity index (χ2n) is 16.1. The second-order valence-corrected chi connectivity index (χ2v) is 16.1. The summed E-state index contributed by atoms with van der Waals surface area (Å²) < 4.78 is 12.9. The number of β-amino-alcohol motifs (C(OH)–C–C–N with tert-alkyl or cyclic N) is 1. The van der Waals surface area contributed by atoms with Crippen molar-refractivity contribution in [3.05, 3.63) is 60.0 Å². The number of anilines is 1. The molecule has 5 aliphatic rings. The van der Waals surface area contributed by atoms with Crippen molar-refractivity contribution in [3.8, 4) is 16.9 Å². The standard InChI is InChI=1S/C40H53N5O5/c1-28-20-33(10-11-34(28)49-4)40-16-13-39(14-17-40,15-18-40)27-44(36(46)30-8-6-5-7-9-30)35-21-31(12-19-41-35)32-22-42-45(23-32)29(2)24-50-37(47)43-25-38(3,48)26-43/h10-12,19-23,29-30,48H,5-9,13-18,24-27H2,1-4H3. The first-order valence-electron chi connectivity index (χ1n) is 18.6. The molecular formula is C40H53N5O5. The maximum absolute atomic E-state index is 14.4. The normalized spacial score (nSPS) is 25.1. The van der Waals surface area contributed by atoms with Gasteiger partial charge in [-0.25, -0.2) is 9.78 Å². The maximum atomic E-state index is 14.4. The minimum Gasteiger partial charge on any atom is -0.496 e. The van der Waals surface area contributed by atoms with Gasteiger partial charge in [0.1, 0.15) is 18.2 Å². The van der Waals surface area contributed by atoms with Crippen LogP contribution in [-0.2, 0) is 14.9 Å². The molecule has 50 heavy (non-hydrogen) atoms. The number of carbonyl (C=O) groups is 2. The van der Waals surface area contributed by atoms with Gasteiger partial charge in [-0.3, -0.25) is 14.4 Å². The summed E-state index contributed by atoms with van der Waals surface area (Å²) in [6, 6.07) is 10.6. The highest BCUT2D eigenvalue weighted by molar-refractivity contribution is 5.95. The lowest BCUT2D eigenvalue weighted by Crippen LogP contribution is -2.61. The van der Waals surface area contributed by atoms with Crippen molar-refractivity contribution in [2.24, 2.45) is 11.3 Å². The third-order valence-electron chi connectivity index (χ3n) is 12.3. The molecule has 2 aromatic heterocycles. The number of methoxy groups -OCH3 is 1. The Bertz CT molecular complexity index is 1680. The van der Waals surface area contributed by atoms with Gasteiger partial charge in [0.15, 0.2) is 0 Å². The molecule has 0 radical (unpaired) electrons. The molecule has 1 atom stereocenters. The number of carbonyl (C=O) groups excluding carboxylic acids is 2. The Morgan fingerprint density at radius 2 is 1.74 bits per heavy atom. The van der Waals surface area contributed by atoms with Crippen molar-refractivity contribution in [1.82, 2.24) is 19.7 Å². The van der Waals surface area contributed by atoms with Gasteiger partial charge in [0.05, 0.1) is 38.0 Å². The Balaban J connectivity index is 1.07. The zero-order valence-electron chi connectivity index (χ0n) is 30.2. The highest BCUT2D eigenvalue weighted by atomic mass is 16.6. The molecule has 5 fully saturated rings. The molecule has 4 aliphatic carbocycles. The first-order chi connectivity index (χ1) is 24.0. The molecule has 1 aliphatic heterocycles. The average Bonchev–Trinajstić information content (AvgIpc) is 3.63. The summed E-state index contributed by atoms with van der Waals surface area (Å²) in [7, 11) is 1.74. The molecule has 268 valence electrons. The van der Waals surface area contributed by atoms with Gasteiger partial charge < -0.3 is 19.5 Å². The van der Waals surface area contributed by atoms with Crippen LogP contribution in [0.25, 0.3) is 11.1 Å². The molecule has 3 heterocycles. The third kappa shape index (κ3) is 6.88. The second kappa shape index (κ2) is 13.7. The number of ether oxygens (including phenoxy) is 2. The molecule has 0 spiro atoms. The quantitative estimate of drug-likeness (QED) is 0.240. The number of aromatic nitrogens is 3. The molecule has 1 unspecified atom stereocenters. The highest BCUT2D eigenvalue weighted by Gasteiger charge is 2.51. The van der Waals surface area contributed by atoms with E-state index in [1.807, 2.05) is 31.6 Å². The molecule has 1 N–H and O–H groups in total. The number of likely N-dealkylation sites (tertiary alicyclic amines) is 1. The summed E-state index contributed by atoms with van der Waals surface area (Å²) in [4.78, 5) is 35.2. The van der Waals surface area contributed by atoms with Crippen LogP contribution < -0.4 is 9.64 Å². The van der Waals surface area contributed by atoms with Crippen LogP contribution >= 0.6 is 0 Å². The van der Waals surface area contributed by atoms with Gasteiger partial charge in [-0.05, 0) is 118 Å². The van der Waals surface area contributed by atoms with Crippen molar-refractivity contribution in [1.29, 1.82) is 0 Å². The van der Waals surface area contributed by atoms with Gasteiger partial charge in [-0.1, -0.05) is 31.4 Å². The van der Waals surface area contributed by atoms with E-state index < -0.39 is 11.7 Å². The monoisotopic (exact) mass is 683 g/mol. The maximum Gasteiger partial charge on any atom is 0.410 e. The van der Waals surface area contributed by atoms with E-state index in [-0.39, 0.29) is 48.4 Å². The van der Waals surface area contributed by atoms with Crippen LogP contribution in [-0.4, -0.2) is 75.7 Å². The van der Waals surface area contributed by atoms with Crippen molar-refractivity contribution >= 4 is 17.8 Å². The number of aliphatic hydroxyl groups is 1. The van der Waals surface area contributed by atoms with Gasteiger partial charge in [0.2, 0.25) is 5.91 Å². The summed E-state index contributed by atoms with van der Waals surface area (Å²) in [5.41, 5.74) is 3.97. The number of pyridine rings is 1. The van der Waals surface area contributed by atoms with Crippen LogP contribution in [0.2, 0.25) is 0 Å². The topological polar surface area (TPSA) is 110 Å². The summed E-state index contributed by atoms with van der Waals surface area (Å²) in [6.07, 6.45) is 17.3. The van der Waals surface area contributed by atoms with Crippen molar-refractivity contribution < 1.29 is 24.2 Å². The number of aryl methyl sites for hydroxylation is 1. The number of nitrogens with zero attached hydrogens (tertiary/aromatic N) is 5. The predicted octanol–water partition coefficient (Wildman–Crippen LogP) is 7.23. The average molecular weight is 684 g/mol. The van der Waals surface area contributed by atoms with Crippen molar-refractivity contribution in [2.75, 3.05) is 38.3 Å². The Morgan fingerprint density at radius 1 is 1.02 bits per heavy atom. The fraction of sp³-hybridized carbons (Fsp3) is 0.600. The number of hydrogen-bond donors (Lipinski definition) is 1. The molecule has 4 saturated carbocycles. The lowest BCUT2D eigenvalue weighted by atomic mass is 9.51. The molecule has 1 saturated heterocycles.